The number of ether oxygens (including phenoxy) is 1. The van der Waals surface area contributed by atoms with Crippen LogP contribution in [0.4, 0.5) is 8.78 Å². The Morgan fingerprint density at radius 1 is 1.21 bits per heavy atom. The summed E-state index contributed by atoms with van der Waals surface area (Å²) in [4.78, 5) is 50.6. The van der Waals surface area contributed by atoms with Gasteiger partial charge in [-0.05, 0) is 80.0 Å². The van der Waals surface area contributed by atoms with Gasteiger partial charge in [0.15, 0.2) is 11.4 Å². The van der Waals surface area contributed by atoms with Crippen LogP contribution in [0.25, 0.3) is 11.8 Å². The SMILES string of the molecule is CCC(=O)O[C@]1(C(=O)SCF)CC[C@H]2[C@@H]3CCC4=Cc5c(cnn5-c5cccc(C(=O)C[C@H](C)C(N)=O)c5)C[C@]4(C)[C@@]3(F)[C@@H](O)C[C@@]21C. The molecule has 0 radical (unpaired) electrons. The molecule has 4 aliphatic carbocycles. The topological polar surface area (TPSA) is 142 Å². The Morgan fingerprint density at radius 2 is 1.96 bits per heavy atom. The number of primary amides is 1. The van der Waals surface area contributed by atoms with Crippen LogP contribution in [0.1, 0.15) is 94.3 Å². The lowest BCUT2D eigenvalue weighted by Gasteiger charge is -2.63. The van der Waals surface area contributed by atoms with Gasteiger partial charge in [0.2, 0.25) is 11.0 Å². The minimum atomic E-state index is -2.05. The lowest BCUT2D eigenvalue weighted by atomic mass is 9.44. The van der Waals surface area contributed by atoms with E-state index in [2.05, 4.69) is 5.10 Å². The Morgan fingerprint density at radius 3 is 2.65 bits per heavy atom. The number of esters is 1. The van der Waals surface area contributed by atoms with E-state index in [0.717, 1.165) is 16.8 Å². The number of fused-ring (bicyclic) bond motifs is 6. The molecule has 3 N–H and O–H groups in total. The fourth-order valence-electron chi connectivity index (χ4n) is 9.53. The molecule has 12 heteroatoms. The van der Waals surface area contributed by atoms with Crippen LogP contribution in [0.15, 0.2) is 36.0 Å². The van der Waals surface area contributed by atoms with Crippen LogP contribution in [0, 0.1) is 28.6 Å². The molecule has 0 spiro atoms. The van der Waals surface area contributed by atoms with Gasteiger partial charge in [-0.15, -0.1) is 0 Å². The Balaban J connectivity index is 1.34. The summed E-state index contributed by atoms with van der Waals surface area (Å²) in [6.07, 6.45) is 3.92. The maximum absolute atomic E-state index is 18.1. The van der Waals surface area contributed by atoms with Gasteiger partial charge in [-0.2, -0.15) is 5.10 Å². The second-order valence-electron chi connectivity index (χ2n) is 14.5. The first-order valence-corrected chi connectivity index (χ1v) is 17.7. The molecule has 6 rings (SSSR count). The summed E-state index contributed by atoms with van der Waals surface area (Å²) in [6.45, 7) is 6.90. The number of allylic oxidation sites excluding steroid dienone is 1. The monoisotopic (exact) mass is 683 g/mol. The van der Waals surface area contributed by atoms with Crippen molar-refractivity contribution in [2.75, 3.05) is 6.01 Å². The first kappa shape index (κ1) is 34.5. The Hall–Kier alpha value is -3.38. The second-order valence-corrected chi connectivity index (χ2v) is 15.4. The molecule has 0 unspecified atom stereocenters. The summed E-state index contributed by atoms with van der Waals surface area (Å²) in [6, 6.07) is 6.00. The molecule has 0 saturated heterocycles. The van der Waals surface area contributed by atoms with Gasteiger partial charge in [-0.25, -0.2) is 13.5 Å². The van der Waals surface area contributed by atoms with Crippen LogP contribution in [0.3, 0.4) is 0 Å². The van der Waals surface area contributed by atoms with Crippen molar-refractivity contribution in [3.05, 3.63) is 52.9 Å². The molecule has 8 atom stereocenters. The number of hydrogen-bond donors (Lipinski definition) is 2. The fraction of sp³-hybridized carbons (Fsp3) is 0.583. The van der Waals surface area contributed by atoms with Gasteiger partial charge in [0.25, 0.3) is 0 Å². The van der Waals surface area contributed by atoms with Crippen molar-refractivity contribution in [3.8, 4) is 5.69 Å². The predicted molar refractivity (Wildman–Crippen MR) is 176 cm³/mol. The van der Waals surface area contributed by atoms with E-state index in [1.165, 1.54) is 0 Å². The summed E-state index contributed by atoms with van der Waals surface area (Å²) in [7, 11) is 0. The number of nitrogens with zero attached hydrogens (tertiary/aromatic N) is 2. The molecule has 2 aromatic rings. The molecule has 9 nitrogen and oxygen atoms in total. The summed E-state index contributed by atoms with van der Waals surface area (Å²) in [5, 5.41) is 16.0. The second kappa shape index (κ2) is 12.2. The van der Waals surface area contributed by atoms with Crippen LogP contribution >= 0.6 is 11.8 Å². The standard InChI is InChI=1S/C36H43F2N3O6S/c1-5-30(44)47-35(32(46)48-19-37)12-11-25-26-10-9-23-15-27-22(16-33(23,3)36(26,38)29(43)17-34(25,35)4)18-40-41(27)24-8-6-7-21(14-24)28(42)13-20(2)31(39)45/h6-8,14-15,18,20,25-26,29,43H,5,9-13,16-17,19H2,1-4H3,(H2,39,45)/t20-,25-,26-,29-,33-,34-,35-,36-/m0/s1. The van der Waals surface area contributed by atoms with Crippen LogP contribution in [0.5, 0.6) is 0 Å². The molecule has 1 heterocycles. The molecule has 4 aliphatic rings. The van der Waals surface area contributed by atoms with Crippen molar-refractivity contribution in [1.82, 2.24) is 9.78 Å². The van der Waals surface area contributed by atoms with Crippen LogP contribution < -0.4 is 5.73 Å². The van der Waals surface area contributed by atoms with Crippen molar-refractivity contribution < 1.29 is 37.8 Å². The van der Waals surface area contributed by atoms with Crippen LogP contribution in [0.2, 0.25) is 0 Å². The van der Waals surface area contributed by atoms with E-state index >= 15 is 4.39 Å². The van der Waals surface area contributed by atoms with Crippen molar-refractivity contribution in [1.29, 1.82) is 0 Å². The van der Waals surface area contributed by atoms with E-state index in [-0.39, 0.29) is 43.8 Å². The number of aromatic nitrogens is 2. The highest BCUT2D eigenvalue weighted by molar-refractivity contribution is 8.13. The first-order valence-electron chi connectivity index (χ1n) is 16.7. The number of aliphatic hydroxyl groups is 1. The summed E-state index contributed by atoms with van der Waals surface area (Å²) >= 11 is 0.466. The number of aliphatic hydroxyl groups excluding tert-OH is 1. The fourth-order valence-corrected chi connectivity index (χ4v) is 10.2. The number of carbonyl (C=O) groups is 4. The number of alkyl halides is 2. The highest BCUT2D eigenvalue weighted by Gasteiger charge is 2.76. The number of benzene rings is 1. The Labute approximate surface area is 283 Å². The number of carbonyl (C=O) groups excluding carboxylic acids is 4. The molecule has 1 aromatic heterocycles. The first-order chi connectivity index (χ1) is 22.7. The predicted octanol–water partition coefficient (Wildman–Crippen LogP) is 5.69. The van der Waals surface area contributed by atoms with Gasteiger partial charge < -0.3 is 15.6 Å². The van der Waals surface area contributed by atoms with E-state index < -0.39 is 63.0 Å². The van der Waals surface area contributed by atoms with Crippen LogP contribution in [-0.4, -0.2) is 61.0 Å². The molecule has 258 valence electrons. The molecule has 1 amide bonds. The number of amides is 1. The highest BCUT2D eigenvalue weighted by Crippen LogP contribution is 2.71. The number of ketones is 1. The number of nitrogens with two attached hydrogens (primary N) is 1. The van der Waals surface area contributed by atoms with Gasteiger partial charge >= 0.3 is 5.97 Å². The molecule has 48 heavy (non-hydrogen) atoms. The van der Waals surface area contributed by atoms with E-state index in [1.807, 2.05) is 19.1 Å². The van der Waals surface area contributed by atoms with Crippen molar-refractivity contribution in [2.24, 2.45) is 34.3 Å². The molecule has 1 aromatic carbocycles. The average molecular weight is 684 g/mol. The molecule has 0 aliphatic heterocycles. The number of halogens is 2. The lowest BCUT2D eigenvalue weighted by molar-refractivity contribution is -0.228. The van der Waals surface area contributed by atoms with Crippen molar-refractivity contribution in [3.63, 3.8) is 0 Å². The van der Waals surface area contributed by atoms with Gasteiger partial charge in [-0.3, -0.25) is 19.2 Å². The van der Waals surface area contributed by atoms with E-state index in [4.69, 9.17) is 10.5 Å². The van der Waals surface area contributed by atoms with E-state index in [9.17, 15) is 28.7 Å². The van der Waals surface area contributed by atoms with E-state index in [0.29, 0.717) is 42.3 Å². The summed E-state index contributed by atoms with van der Waals surface area (Å²) in [5.74, 6) is -2.93. The quantitative estimate of drug-likeness (QED) is 0.254. The maximum Gasteiger partial charge on any atom is 0.306 e. The van der Waals surface area contributed by atoms with E-state index in [1.54, 1.807) is 49.8 Å². The number of Topliss-reactive ketones (excluding diaryl/α,β-unsaturated/α-hetero) is 1. The largest absolute Gasteiger partial charge is 0.449 e. The lowest BCUT2D eigenvalue weighted by Crippen LogP contribution is -2.70. The molecular weight excluding hydrogens is 640 g/mol. The third-order valence-electron chi connectivity index (χ3n) is 12.2. The molecular formula is C36H43F2N3O6S. The number of thioether (sulfide) groups is 1. The Bertz CT molecular complexity index is 1710. The normalized spacial score (nSPS) is 34.1. The molecule has 3 saturated carbocycles. The third-order valence-corrected chi connectivity index (χ3v) is 12.9. The smallest absolute Gasteiger partial charge is 0.306 e. The number of rotatable bonds is 9. The zero-order valence-corrected chi connectivity index (χ0v) is 28.6. The maximum atomic E-state index is 18.1. The van der Waals surface area contributed by atoms with Crippen molar-refractivity contribution in [2.45, 2.75) is 96.4 Å². The van der Waals surface area contributed by atoms with Crippen molar-refractivity contribution >= 4 is 40.6 Å². The third kappa shape index (κ3) is 4.91. The summed E-state index contributed by atoms with van der Waals surface area (Å²) < 4.78 is 39.3. The highest BCUT2D eigenvalue weighted by atomic mass is 32.2. The van der Waals surface area contributed by atoms with Gasteiger partial charge in [0, 0.05) is 41.1 Å². The molecule has 0 bridgehead atoms. The average Bonchev–Trinajstić information content (AvgIpc) is 3.58. The van der Waals surface area contributed by atoms with Gasteiger partial charge in [0.1, 0.15) is 11.7 Å². The van der Waals surface area contributed by atoms with Gasteiger partial charge in [-0.1, -0.05) is 45.4 Å². The summed E-state index contributed by atoms with van der Waals surface area (Å²) in [5.41, 5.74) is 3.01. The van der Waals surface area contributed by atoms with Crippen LogP contribution in [-0.2, 0) is 25.5 Å². The zero-order valence-electron chi connectivity index (χ0n) is 27.8. The molecule has 3 fully saturated rings. The Kier molecular flexibility index (Phi) is 8.76. The minimum absolute atomic E-state index is 0.00841. The number of hydrogen-bond acceptors (Lipinski definition) is 8. The van der Waals surface area contributed by atoms with Gasteiger partial charge in [0.05, 0.1) is 23.7 Å². The zero-order chi connectivity index (χ0) is 34.8. The minimum Gasteiger partial charge on any atom is -0.449 e.